The first kappa shape index (κ1) is 11.9. The molecule has 0 fully saturated rings. The Hall–Kier alpha value is -0.160. The van der Waals surface area contributed by atoms with Crippen LogP contribution in [0.5, 0.6) is 0 Å². The second kappa shape index (κ2) is 6.35. The van der Waals surface area contributed by atoms with E-state index in [-0.39, 0.29) is 5.78 Å². The first-order valence-corrected chi connectivity index (χ1v) is 6.26. The van der Waals surface area contributed by atoms with Gasteiger partial charge in [0.05, 0.1) is 0 Å². The topological polar surface area (TPSA) is 17.1 Å². The van der Waals surface area contributed by atoms with Gasteiger partial charge in [-0.2, -0.15) is 0 Å². The summed E-state index contributed by atoms with van der Waals surface area (Å²) < 4.78 is 1.21. The molecule has 0 atom stereocenters. The number of hydrogen-bond donors (Lipinski definition) is 0. The van der Waals surface area contributed by atoms with Crippen LogP contribution < -0.4 is 0 Å². The summed E-state index contributed by atoms with van der Waals surface area (Å²) >= 11 is 5.36. The predicted molar refractivity (Wildman–Crippen MR) is 70.6 cm³/mol. The third kappa shape index (κ3) is 4.37. The van der Waals surface area contributed by atoms with E-state index in [1.807, 2.05) is 18.2 Å². The molecule has 0 spiro atoms. The van der Waals surface area contributed by atoms with Crippen LogP contribution in [0.4, 0.5) is 0 Å². The maximum absolute atomic E-state index is 11.2. The van der Waals surface area contributed by atoms with E-state index in [0.717, 1.165) is 6.42 Å². The molecule has 0 N–H and O–H groups in total. The number of halogens is 2. The first-order valence-electron chi connectivity index (χ1n) is 4.26. The molecule has 1 nitrogen and oxygen atoms in total. The van der Waals surface area contributed by atoms with Gasteiger partial charge in [-0.05, 0) is 57.8 Å². The Morgan fingerprint density at radius 2 is 2.29 bits per heavy atom. The van der Waals surface area contributed by atoms with Crippen molar-refractivity contribution >= 4 is 44.3 Å². The summed E-state index contributed by atoms with van der Waals surface area (Å²) in [5.74, 6) is 0.153. The molecule has 0 aromatic heterocycles. The fourth-order valence-corrected chi connectivity index (χ4v) is 2.02. The summed E-state index contributed by atoms with van der Waals surface area (Å²) in [5, 5.41) is 0. The van der Waals surface area contributed by atoms with Gasteiger partial charge in [0.15, 0.2) is 5.78 Å². The van der Waals surface area contributed by atoms with E-state index in [0.29, 0.717) is 6.42 Å². The number of hydrogen-bond acceptors (Lipinski definition) is 1. The second-order valence-corrected chi connectivity index (χ2v) is 4.66. The van der Waals surface area contributed by atoms with Crippen molar-refractivity contribution in [1.82, 2.24) is 0 Å². The number of carbonyl (C=O) groups excluding carboxylic acids is 1. The highest BCUT2D eigenvalue weighted by Crippen LogP contribution is 2.09. The van der Waals surface area contributed by atoms with Crippen LogP contribution in [0.3, 0.4) is 0 Å². The molecule has 0 bridgehead atoms. The van der Waals surface area contributed by atoms with E-state index in [9.17, 15) is 4.79 Å². The molecule has 3 heteroatoms. The van der Waals surface area contributed by atoms with Gasteiger partial charge in [0.1, 0.15) is 0 Å². The third-order valence-corrected chi connectivity index (χ3v) is 2.73. The van der Waals surface area contributed by atoms with Gasteiger partial charge in [0.2, 0.25) is 0 Å². The molecule has 1 rings (SSSR count). The van der Waals surface area contributed by atoms with E-state index >= 15 is 0 Å². The number of ketones is 1. The van der Waals surface area contributed by atoms with Crippen molar-refractivity contribution in [3.63, 3.8) is 0 Å². The smallest absolute Gasteiger partial charge is 0.156 e. The van der Waals surface area contributed by atoms with Crippen molar-refractivity contribution in [2.75, 3.05) is 0 Å². The molecule has 0 saturated carbocycles. The average Bonchev–Trinajstić information content (AvgIpc) is 2.15. The second-order valence-electron chi connectivity index (χ2n) is 2.89. The molecule has 1 aromatic rings. The van der Waals surface area contributed by atoms with Crippen LogP contribution in [-0.4, -0.2) is 5.78 Å². The van der Waals surface area contributed by atoms with E-state index < -0.39 is 0 Å². The summed E-state index contributed by atoms with van der Waals surface area (Å²) in [6.07, 6.45) is 2.93. The van der Waals surface area contributed by atoms with Crippen LogP contribution in [0.1, 0.15) is 12.0 Å². The van der Waals surface area contributed by atoms with E-state index in [4.69, 9.17) is 0 Å². The van der Waals surface area contributed by atoms with Crippen molar-refractivity contribution in [3.05, 3.63) is 44.5 Å². The minimum Gasteiger partial charge on any atom is -0.295 e. The summed E-state index contributed by atoms with van der Waals surface area (Å²) in [4.78, 5) is 12.8. The molecule has 74 valence electrons. The molecular formula is C11H10BrIO. The highest BCUT2D eigenvalue weighted by atomic mass is 127. The lowest BCUT2D eigenvalue weighted by molar-refractivity contribution is -0.114. The highest BCUT2D eigenvalue weighted by molar-refractivity contribution is 14.1. The first-order chi connectivity index (χ1) is 6.72. The van der Waals surface area contributed by atoms with Crippen LogP contribution in [0.2, 0.25) is 0 Å². The molecule has 1 aromatic carbocycles. The minimum atomic E-state index is 0.153. The van der Waals surface area contributed by atoms with Gasteiger partial charge < -0.3 is 0 Å². The molecule has 0 amide bonds. The summed E-state index contributed by atoms with van der Waals surface area (Å²) in [5.41, 5.74) is 1.22. The lowest BCUT2D eigenvalue weighted by atomic mass is 10.1. The lowest BCUT2D eigenvalue weighted by Gasteiger charge is -1.99. The van der Waals surface area contributed by atoms with Gasteiger partial charge in [-0.25, -0.2) is 0 Å². The number of benzene rings is 1. The van der Waals surface area contributed by atoms with Gasteiger partial charge in [-0.3, -0.25) is 4.79 Å². The minimum absolute atomic E-state index is 0.153. The molecular weight excluding hydrogens is 355 g/mol. The quantitative estimate of drug-likeness (QED) is 0.588. The zero-order valence-corrected chi connectivity index (χ0v) is 11.3. The Labute approximate surface area is 106 Å². The van der Waals surface area contributed by atoms with Gasteiger partial charge in [0.25, 0.3) is 0 Å². The fourth-order valence-electron chi connectivity index (χ4n) is 1.11. The van der Waals surface area contributed by atoms with Crippen molar-refractivity contribution in [3.8, 4) is 0 Å². The zero-order valence-electron chi connectivity index (χ0n) is 7.54. The van der Waals surface area contributed by atoms with Crippen LogP contribution in [0.15, 0.2) is 35.3 Å². The Morgan fingerprint density at radius 1 is 1.50 bits per heavy atom. The maximum atomic E-state index is 11.2. The standard InChI is InChI=1S/C11H10BrIO/c12-7-6-11(14)5-4-9-2-1-3-10(13)8-9/h1-3,6-8H,4-5H2. The third-order valence-electron chi connectivity index (χ3n) is 1.80. The molecule has 0 radical (unpaired) electrons. The number of rotatable bonds is 4. The summed E-state index contributed by atoms with van der Waals surface area (Å²) in [7, 11) is 0. The van der Waals surface area contributed by atoms with Crippen molar-refractivity contribution in [2.24, 2.45) is 0 Å². The van der Waals surface area contributed by atoms with Crippen molar-refractivity contribution < 1.29 is 4.79 Å². The lowest BCUT2D eigenvalue weighted by Crippen LogP contribution is -1.95. The molecule has 0 heterocycles. The predicted octanol–water partition coefficient (Wildman–Crippen LogP) is 3.70. The average molecular weight is 365 g/mol. The number of allylic oxidation sites excluding steroid dienone is 1. The zero-order chi connectivity index (χ0) is 10.4. The van der Waals surface area contributed by atoms with Crippen molar-refractivity contribution in [2.45, 2.75) is 12.8 Å². The number of carbonyl (C=O) groups is 1. The Balaban J connectivity index is 2.49. The van der Waals surface area contributed by atoms with Gasteiger partial charge in [-0.1, -0.05) is 28.1 Å². The Bertz CT molecular complexity index is 347. The van der Waals surface area contributed by atoms with Crippen LogP contribution in [-0.2, 0) is 11.2 Å². The van der Waals surface area contributed by atoms with Crippen molar-refractivity contribution in [1.29, 1.82) is 0 Å². The van der Waals surface area contributed by atoms with Crippen LogP contribution in [0.25, 0.3) is 0 Å². The van der Waals surface area contributed by atoms with Crippen LogP contribution in [0, 0.1) is 3.57 Å². The monoisotopic (exact) mass is 364 g/mol. The number of aryl methyl sites for hydroxylation is 1. The SMILES string of the molecule is O=C(C=CBr)CCc1cccc(I)c1. The Morgan fingerprint density at radius 3 is 2.93 bits per heavy atom. The maximum Gasteiger partial charge on any atom is 0.156 e. The fraction of sp³-hybridized carbons (Fsp3) is 0.182. The van der Waals surface area contributed by atoms with Crippen LogP contribution >= 0.6 is 38.5 Å². The van der Waals surface area contributed by atoms with Gasteiger partial charge in [-0.15, -0.1) is 0 Å². The molecule has 0 saturated heterocycles. The molecule has 0 unspecified atom stereocenters. The summed E-state index contributed by atoms with van der Waals surface area (Å²) in [6.45, 7) is 0. The van der Waals surface area contributed by atoms with E-state index in [1.165, 1.54) is 9.13 Å². The van der Waals surface area contributed by atoms with Gasteiger partial charge in [0, 0.05) is 9.99 Å². The normalized spacial score (nSPS) is 10.7. The molecule has 0 aliphatic heterocycles. The van der Waals surface area contributed by atoms with Gasteiger partial charge >= 0.3 is 0 Å². The van der Waals surface area contributed by atoms with E-state index in [2.05, 4.69) is 44.6 Å². The largest absolute Gasteiger partial charge is 0.295 e. The molecule has 0 aliphatic rings. The Kier molecular flexibility index (Phi) is 5.40. The summed E-state index contributed by atoms with van der Waals surface area (Å²) in [6, 6.07) is 8.21. The molecule has 14 heavy (non-hydrogen) atoms. The molecule has 0 aliphatic carbocycles. The highest BCUT2D eigenvalue weighted by Gasteiger charge is 1.98. The van der Waals surface area contributed by atoms with E-state index in [1.54, 1.807) is 11.1 Å².